The van der Waals surface area contributed by atoms with Crippen LogP contribution < -0.4 is 4.90 Å². The summed E-state index contributed by atoms with van der Waals surface area (Å²) in [4.78, 5) is 4.71. The molecule has 0 saturated carbocycles. The van der Waals surface area contributed by atoms with Crippen LogP contribution in [0.15, 0.2) is 0 Å². The molecule has 0 amide bonds. The van der Waals surface area contributed by atoms with E-state index in [-0.39, 0.29) is 5.54 Å². The highest BCUT2D eigenvalue weighted by atomic mass is 15.3. The van der Waals surface area contributed by atoms with Crippen LogP contribution in [0.3, 0.4) is 0 Å². The molecule has 0 unspecified atom stereocenters. The van der Waals surface area contributed by atoms with Gasteiger partial charge in [-0.1, -0.05) is 0 Å². The molecule has 0 bridgehead atoms. The number of nitriles is 1. The maximum absolute atomic E-state index is 9.45. The average molecular weight is 287 g/mol. The fourth-order valence-corrected chi connectivity index (χ4v) is 2.75. The van der Waals surface area contributed by atoms with Crippen molar-refractivity contribution >= 4 is 5.82 Å². The van der Waals surface area contributed by atoms with Crippen molar-refractivity contribution in [3.05, 3.63) is 16.8 Å². The zero-order valence-electron chi connectivity index (χ0n) is 13.8. The molecule has 1 aliphatic heterocycles. The summed E-state index contributed by atoms with van der Waals surface area (Å²) < 4.78 is 0. The highest BCUT2D eigenvalue weighted by Gasteiger charge is 2.26. The van der Waals surface area contributed by atoms with Crippen LogP contribution in [0.2, 0.25) is 0 Å². The molecule has 2 heterocycles. The smallest absolute Gasteiger partial charge is 0.169 e. The topological polar surface area (TPSA) is 56.1 Å². The number of hydrogen-bond donors (Lipinski definition) is 0. The Hall–Kier alpha value is -1.67. The molecule has 0 spiro atoms. The van der Waals surface area contributed by atoms with Gasteiger partial charge in [0, 0.05) is 31.7 Å². The van der Waals surface area contributed by atoms with Crippen LogP contribution in [-0.2, 0) is 0 Å². The van der Waals surface area contributed by atoms with Crippen molar-refractivity contribution in [3.63, 3.8) is 0 Å². The van der Waals surface area contributed by atoms with Gasteiger partial charge in [0.2, 0.25) is 0 Å². The lowest BCUT2D eigenvalue weighted by Gasteiger charge is -2.34. The first kappa shape index (κ1) is 15.7. The molecular formula is C16H25N5. The molecule has 1 saturated heterocycles. The molecule has 1 fully saturated rings. The van der Waals surface area contributed by atoms with E-state index in [1.807, 2.05) is 13.8 Å². The number of hydrogen-bond acceptors (Lipinski definition) is 5. The molecule has 0 aliphatic carbocycles. The van der Waals surface area contributed by atoms with E-state index in [1.165, 1.54) is 0 Å². The van der Waals surface area contributed by atoms with Crippen LogP contribution in [0.4, 0.5) is 5.82 Å². The molecule has 0 radical (unpaired) electrons. The van der Waals surface area contributed by atoms with Gasteiger partial charge < -0.3 is 4.90 Å². The molecule has 5 heteroatoms. The zero-order chi connectivity index (χ0) is 15.6. The summed E-state index contributed by atoms with van der Waals surface area (Å²) in [6, 6.07) is 2.31. The second kappa shape index (κ2) is 5.98. The van der Waals surface area contributed by atoms with Gasteiger partial charge in [0.05, 0.1) is 5.69 Å². The van der Waals surface area contributed by atoms with Crippen molar-refractivity contribution in [2.45, 2.75) is 46.6 Å². The van der Waals surface area contributed by atoms with Gasteiger partial charge in [-0.25, -0.2) is 0 Å². The van der Waals surface area contributed by atoms with Gasteiger partial charge in [-0.05, 0) is 46.6 Å². The predicted octanol–water partition coefficient (Wildman–Crippen LogP) is 2.28. The maximum atomic E-state index is 9.45. The average Bonchev–Trinajstić information content (AvgIpc) is 2.67. The fourth-order valence-electron chi connectivity index (χ4n) is 2.75. The van der Waals surface area contributed by atoms with E-state index in [0.717, 1.165) is 49.7 Å². The van der Waals surface area contributed by atoms with Crippen LogP contribution in [0.1, 0.15) is 44.0 Å². The molecule has 21 heavy (non-hydrogen) atoms. The zero-order valence-corrected chi connectivity index (χ0v) is 13.8. The highest BCUT2D eigenvalue weighted by molar-refractivity contribution is 5.57. The van der Waals surface area contributed by atoms with Crippen LogP contribution in [-0.4, -0.2) is 46.8 Å². The lowest BCUT2D eigenvalue weighted by Crippen LogP contribution is -2.43. The monoisotopic (exact) mass is 287 g/mol. The Labute approximate surface area is 127 Å². The number of rotatable bonds is 1. The van der Waals surface area contributed by atoms with Crippen molar-refractivity contribution < 1.29 is 0 Å². The normalized spacial score (nSPS) is 17.4. The second-order valence-corrected chi connectivity index (χ2v) is 6.72. The van der Waals surface area contributed by atoms with Crippen molar-refractivity contribution in [2.24, 2.45) is 0 Å². The molecule has 1 aliphatic rings. The first-order valence-corrected chi connectivity index (χ1v) is 7.58. The van der Waals surface area contributed by atoms with Crippen molar-refractivity contribution in [3.8, 4) is 6.07 Å². The van der Waals surface area contributed by atoms with Crippen molar-refractivity contribution in [2.75, 3.05) is 31.1 Å². The number of anilines is 1. The lowest BCUT2D eigenvalue weighted by atomic mass is 10.1. The molecule has 1 aromatic rings. The van der Waals surface area contributed by atoms with Crippen LogP contribution in [0, 0.1) is 25.2 Å². The van der Waals surface area contributed by atoms with E-state index >= 15 is 0 Å². The third kappa shape index (κ3) is 3.33. The minimum atomic E-state index is 0.183. The summed E-state index contributed by atoms with van der Waals surface area (Å²) in [6.45, 7) is 14.5. The van der Waals surface area contributed by atoms with Gasteiger partial charge in [-0.3, -0.25) is 4.90 Å². The Morgan fingerprint density at radius 3 is 2.38 bits per heavy atom. The summed E-state index contributed by atoms with van der Waals surface area (Å²) in [5, 5.41) is 18.0. The van der Waals surface area contributed by atoms with Crippen LogP contribution in [0.25, 0.3) is 0 Å². The first-order valence-electron chi connectivity index (χ1n) is 7.58. The van der Waals surface area contributed by atoms with Crippen LogP contribution in [0.5, 0.6) is 0 Å². The summed E-state index contributed by atoms with van der Waals surface area (Å²) in [7, 11) is 0. The molecule has 1 aromatic heterocycles. The fraction of sp³-hybridized carbons (Fsp3) is 0.688. The molecule has 0 aromatic carbocycles. The Kier molecular flexibility index (Phi) is 4.48. The Bertz CT molecular complexity index is 553. The Morgan fingerprint density at radius 2 is 1.76 bits per heavy atom. The van der Waals surface area contributed by atoms with E-state index in [1.54, 1.807) is 0 Å². The minimum Gasteiger partial charge on any atom is -0.353 e. The summed E-state index contributed by atoms with van der Waals surface area (Å²) in [5.74, 6) is 0.747. The standard InChI is InChI=1S/C16H25N5/c1-12-13(2)18-19-15(14(12)11-17)20-7-6-8-21(10-9-20)16(3,4)5/h6-10H2,1-5H3. The van der Waals surface area contributed by atoms with Gasteiger partial charge in [0.25, 0.3) is 0 Å². The summed E-state index contributed by atoms with van der Waals surface area (Å²) >= 11 is 0. The van der Waals surface area contributed by atoms with Gasteiger partial charge in [-0.2, -0.15) is 10.4 Å². The van der Waals surface area contributed by atoms with Crippen molar-refractivity contribution in [1.29, 1.82) is 5.26 Å². The van der Waals surface area contributed by atoms with Crippen molar-refractivity contribution in [1.82, 2.24) is 15.1 Å². The molecule has 0 N–H and O–H groups in total. The summed E-state index contributed by atoms with van der Waals surface area (Å²) in [6.07, 6.45) is 1.08. The molecule has 0 atom stereocenters. The Balaban J connectivity index is 2.25. The third-order valence-electron chi connectivity index (χ3n) is 4.29. The molecule has 114 valence electrons. The minimum absolute atomic E-state index is 0.183. The quantitative estimate of drug-likeness (QED) is 0.793. The molecule has 5 nitrogen and oxygen atoms in total. The number of aryl methyl sites for hydroxylation is 1. The van der Waals surface area contributed by atoms with Gasteiger partial charge >= 0.3 is 0 Å². The molecule has 2 rings (SSSR count). The van der Waals surface area contributed by atoms with Gasteiger partial charge in [0.15, 0.2) is 5.82 Å². The van der Waals surface area contributed by atoms with E-state index < -0.39 is 0 Å². The number of aromatic nitrogens is 2. The van der Waals surface area contributed by atoms with Gasteiger partial charge in [-0.15, -0.1) is 5.10 Å². The third-order valence-corrected chi connectivity index (χ3v) is 4.29. The SMILES string of the molecule is Cc1nnc(N2CCCN(C(C)(C)C)CC2)c(C#N)c1C. The van der Waals surface area contributed by atoms with Crippen LogP contribution >= 0.6 is 0 Å². The molecular weight excluding hydrogens is 262 g/mol. The Morgan fingerprint density at radius 1 is 1.05 bits per heavy atom. The van der Waals surface area contributed by atoms with E-state index in [4.69, 9.17) is 0 Å². The lowest BCUT2D eigenvalue weighted by molar-refractivity contribution is 0.148. The largest absolute Gasteiger partial charge is 0.353 e. The van der Waals surface area contributed by atoms with E-state index in [0.29, 0.717) is 5.56 Å². The summed E-state index contributed by atoms with van der Waals surface area (Å²) in [5.41, 5.74) is 2.63. The van der Waals surface area contributed by atoms with E-state index in [9.17, 15) is 5.26 Å². The number of nitrogens with zero attached hydrogens (tertiary/aromatic N) is 5. The predicted molar refractivity (Wildman–Crippen MR) is 84.4 cm³/mol. The highest BCUT2D eigenvalue weighted by Crippen LogP contribution is 2.24. The maximum Gasteiger partial charge on any atom is 0.169 e. The van der Waals surface area contributed by atoms with E-state index in [2.05, 4.69) is 46.8 Å². The first-order chi connectivity index (χ1) is 9.84. The second-order valence-electron chi connectivity index (χ2n) is 6.72. The van der Waals surface area contributed by atoms with Gasteiger partial charge in [0.1, 0.15) is 11.6 Å².